The standard InChI is InChI=1S/C48H65BN5O12P/c1-23-16-21-64-47(9)45(61)36-34-35(41(59)30(8)44(36)66-47)42(60)39(38-37(34)51-48(52-38)17-19-54(10)20-18-48)50-46(62)25(3)13-11-12-24(2)43(29(7)40(58)28(6)27(5)26(23)4)65-33(57)22-63-32(56)15-14-31(55)53-49-67/h11-13,16,21,23-24,26-29,40,43,49,52,58-59H,14-15,17-20,22,67H2,1-10H3,(H,50,62)(H,53,55)/b12-11+,21-16+,25-13-/t23-,24-,26+,27+,28-,29-,40-,43-,47-/m0/s1. The van der Waals surface area contributed by atoms with Gasteiger partial charge in [-0.1, -0.05) is 59.8 Å². The minimum Gasteiger partial charge on any atom is -0.507 e. The Morgan fingerprint density at radius 1 is 0.940 bits per heavy atom. The van der Waals surface area contributed by atoms with Crippen LogP contribution in [-0.2, 0) is 33.4 Å². The first-order valence-corrected chi connectivity index (χ1v) is 23.9. The van der Waals surface area contributed by atoms with Crippen molar-refractivity contribution >= 4 is 57.3 Å². The predicted molar refractivity (Wildman–Crippen MR) is 254 cm³/mol. The molecule has 5 bridgehead atoms. The second-order valence-electron chi connectivity index (χ2n) is 19.0. The number of allylic oxidation sites excluding steroid dienone is 5. The summed E-state index contributed by atoms with van der Waals surface area (Å²) in [6.45, 7) is 16.8. The summed E-state index contributed by atoms with van der Waals surface area (Å²) in [5.74, 6) is -7.87. The molecule has 1 unspecified atom stereocenters. The summed E-state index contributed by atoms with van der Waals surface area (Å²) < 4.78 is 23.5. The zero-order valence-electron chi connectivity index (χ0n) is 40.1. The Balaban J connectivity index is 1.38. The number of phenols is 1. The number of ketones is 2. The van der Waals surface area contributed by atoms with Crippen LogP contribution in [-0.4, -0.2) is 114 Å². The number of hydrogen-bond acceptors (Lipinski definition) is 15. The molecule has 19 heteroatoms. The maximum Gasteiger partial charge on any atom is 0.344 e. The Bertz CT molecular complexity index is 2350. The molecule has 1 aromatic rings. The Labute approximate surface area is 395 Å². The Morgan fingerprint density at radius 3 is 2.30 bits per heavy atom. The molecule has 67 heavy (non-hydrogen) atoms. The average molecular weight is 946 g/mol. The first-order chi connectivity index (χ1) is 31.5. The van der Waals surface area contributed by atoms with Gasteiger partial charge in [0.1, 0.15) is 29.0 Å². The fourth-order valence-corrected chi connectivity index (χ4v) is 9.64. The maximum atomic E-state index is 14.7. The number of carbonyl (C=O) groups excluding carboxylic acids is 6. The zero-order valence-corrected chi connectivity index (χ0v) is 41.3. The summed E-state index contributed by atoms with van der Waals surface area (Å²) in [4.78, 5) is 88.2. The summed E-state index contributed by atoms with van der Waals surface area (Å²) in [6, 6.07) is 0. The number of aromatic hydroxyl groups is 1. The van der Waals surface area contributed by atoms with E-state index in [1.165, 1.54) is 19.3 Å². The van der Waals surface area contributed by atoms with Gasteiger partial charge in [0, 0.05) is 67.8 Å². The van der Waals surface area contributed by atoms with Crippen molar-refractivity contribution in [1.29, 1.82) is 0 Å². The van der Waals surface area contributed by atoms with Crippen molar-refractivity contribution in [2.75, 3.05) is 26.7 Å². The van der Waals surface area contributed by atoms with Crippen molar-refractivity contribution in [2.45, 2.75) is 112 Å². The van der Waals surface area contributed by atoms with Crippen LogP contribution >= 0.6 is 9.12 Å². The Morgan fingerprint density at radius 2 is 1.63 bits per heavy atom. The maximum absolute atomic E-state index is 14.7. The lowest BCUT2D eigenvalue weighted by Gasteiger charge is -2.38. The monoisotopic (exact) mass is 945 g/mol. The third-order valence-corrected chi connectivity index (χ3v) is 14.6. The number of aliphatic hydroxyl groups excluding tert-OH is 1. The SMILES string of the molecule is C/C1=C/C=C/[C@H](C)[C@H](OC(=O)COC(=O)CCC(=O)NBP)[C@@H](C)[C@@H](O)[C@@H](C)[C@H](C)[C@H](C)[C@@H](C)/C=C/O[C@@]2(C)Oc3c(C)c(O)c4c(c3C2=O)C2=NC3(CCN(C)CC3)NC2=C(NC1=O)C4=O. The van der Waals surface area contributed by atoms with Gasteiger partial charge < -0.3 is 49.9 Å². The Hall–Kier alpha value is -5.32. The highest BCUT2D eigenvalue weighted by Gasteiger charge is 2.54. The van der Waals surface area contributed by atoms with E-state index < -0.39 is 77.3 Å². The number of piperidine rings is 1. The molecule has 0 aromatic heterocycles. The van der Waals surface area contributed by atoms with E-state index in [1.807, 2.05) is 40.8 Å². The number of likely N-dealkylation sites (tertiary alicyclic amines) is 1. The number of benzene rings is 1. The van der Waals surface area contributed by atoms with Crippen molar-refractivity contribution in [3.8, 4) is 11.5 Å². The fraction of sp³-hybridized carbons (Fsp3) is 0.562. The van der Waals surface area contributed by atoms with Gasteiger partial charge >= 0.3 is 17.7 Å². The number of aliphatic imine (C=N–C) groups is 1. The van der Waals surface area contributed by atoms with Gasteiger partial charge in [-0.3, -0.25) is 29.0 Å². The number of aliphatic hydroxyl groups is 1. The van der Waals surface area contributed by atoms with Crippen LogP contribution in [0.2, 0.25) is 0 Å². The molecule has 1 fully saturated rings. The normalized spacial score (nSPS) is 31.5. The molecule has 2 amide bonds. The Kier molecular flexibility index (Phi) is 15.6. The molecule has 0 radical (unpaired) electrons. The van der Waals surface area contributed by atoms with E-state index in [-0.39, 0.29) is 93.1 Å². The van der Waals surface area contributed by atoms with Crippen LogP contribution in [0.5, 0.6) is 11.5 Å². The number of phenolic OH excluding ortho intramolecular Hbond substituents is 1. The van der Waals surface area contributed by atoms with Gasteiger partial charge in [0.2, 0.25) is 11.7 Å². The molecule has 5 N–H and O–H groups in total. The quantitative estimate of drug-likeness (QED) is 0.148. The molecule has 10 atom stereocenters. The van der Waals surface area contributed by atoms with Gasteiger partial charge in [0.25, 0.3) is 18.8 Å². The topological polar surface area (TPSA) is 231 Å². The van der Waals surface area contributed by atoms with Gasteiger partial charge in [-0.15, -0.1) is 0 Å². The molecular weight excluding hydrogens is 880 g/mol. The highest BCUT2D eigenvalue weighted by atomic mass is 31.0. The van der Waals surface area contributed by atoms with Crippen LogP contribution in [0.25, 0.3) is 0 Å². The van der Waals surface area contributed by atoms with Crippen LogP contribution in [0.1, 0.15) is 113 Å². The number of hydrogen-bond donors (Lipinski definition) is 5. The molecular formula is C48H65BN5O12P. The van der Waals surface area contributed by atoms with Crippen LogP contribution in [0.3, 0.4) is 0 Å². The van der Waals surface area contributed by atoms with Crippen molar-refractivity contribution in [1.82, 2.24) is 20.8 Å². The van der Waals surface area contributed by atoms with Crippen molar-refractivity contribution in [2.24, 2.45) is 40.5 Å². The summed E-state index contributed by atoms with van der Waals surface area (Å²) in [5, 5.41) is 32.5. The predicted octanol–water partition coefficient (Wildman–Crippen LogP) is 4.05. The summed E-state index contributed by atoms with van der Waals surface area (Å²) in [6.07, 6.45) is 6.98. The van der Waals surface area contributed by atoms with Crippen molar-refractivity contribution in [3.63, 3.8) is 0 Å². The summed E-state index contributed by atoms with van der Waals surface area (Å²) in [7, 11) is 4.68. The minimum absolute atomic E-state index is 0.0426. The second-order valence-corrected chi connectivity index (χ2v) is 19.4. The molecule has 17 nitrogen and oxygen atoms in total. The van der Waals surface area contributed by atoms with Gasteiger partial charge in [0.05, 0.1) is 41.3 Å². The largest absolute Gasteiger partial charge is 0.507 e. The number of Topliss-reactive ketones (excluding diaryl/α,β-unsaturated/α-hetero) is 2. The molecule has 362 valence electrons. The fourth-order valence-electron chi connectivity index (χ4n) is 9.41. The number of nitrogens with one attached hydrogen (secondary N) is 3. The molecule has 1 aliphatic carbocycles. The zero-order chi connectivity index (χ0) is 49.3. The van der Waals surface area contributed by atoms with Crippen molar-refractivity contribution in [3.05, 3.63) is 69.8 Å². The number of rotatable bonds is 7. The third kappa shape index (κ3) is 10.4. The van der Waals surface area contributed by atoms with E-state index in [4.69, 9.17) is 23.9 Å². The lowest BCUT2D eigenvalue weighted by molar-refractivity contribution is -0.168. The van der Waals surface area contributed by atoms with Crippen LogP contribution < -0.4 is 20.6 Å². The lowest BCUT2D eigenvalue weighted by atomic mass is 9.72. The van der Waals surface area contributed by atoms with Crippen molar-refractivity contribution < 1.29 is 57.9 Å². The highest BCUT2D eigenvalue weighted by molar-refractivity contribution is 7.55. The van der Waals surface area contributed by atoms with E-state index in [0.717, 1.165) is 0 Å². The molecule has 5 aliphatic heterocycles. The molecule has 1 saturated heterocycles. The second kappa shape index (κ2) is 20.5. The smallest absolute Gasteiger partial charge is 0.344 e. The third-order valence-electron chi connectivity index (χ3n) is 14.4. The van der Waals surface area contributed by atoms with Crippen LogP contribution in [0, 0.1) is 42.4 Å². The van der Waals surface area contributed by atoms with Gasteiger partial charge in [-0.05, 0) is 50.6 Å². The van der Waals surface area contributed by atoms with E-state index in [2.05, 4.69) is 29.9 Å². The molecule has 5 heterocycles. The van der Waals surface area contributed by atoms with Gasteiger partial charge in [-0.25, -0.2) is 4.79 Å². The van der Waals surface area contributed by atoms with E-state index in [0.29, 0.717) is 33.1 Å². The number of nitrogens with zero attached hydrogens (tertiary/aromatic N) is 2. The number of ether oxygens (including phenoxy) is 4. The minimum atomic E-state index is -1.88. The summed E-state index contributed by atoms with van der Waals surface area (Å²) >= 11 is 0. The highest BCUT2D eigenvalue weighted by Crippen LogP contribution is 2.50. The van der Waals surface area contributed by atoms with E-state index in [1.54, 1.807) is 39.8 Å². The van der Waals surface area contributed by atoms with Crippen LogP contribution in [0.15, 0.2) is 52.5 Å². The lowest BCUT2D eigenvalue weighted by Crippen LogP contribution is -2.49. The van der Waals surface area contributed by atoms with Gasteiger partial charge in [0.15, 0.2) is 6.61 Å². The van der Waals surface area contributed by atoms with Gasteiger partial charge in [-0.2, -0.15) is 9.12 Å². The molecule has 0 saturated carbocycles. The molecule has 1 aromatic carbocycles. The van der Waals surface area contributed by atoms with E-state index >= 15 is 0 Å². The molecule has 7 rings (SSSR count). The number of carbonyl (C=O) groups is 6. The first-order valence-electron chi connectivity index (χ1n) is 23.0. The molecule has 6 aliphatic rings. The number of fused-ring (bicyclic) bond motifs is 13. The number of esters is 2. The average Bonchev–Trinajstić information content (AvgIpc) is 3.79. The van der Waals surface area contributed by atoms with E-state index in [9.17, 15) is 39.0 Å². The first kappa shape index (κ1) is 51.1. The molecule has 1 spiro atoms. The summed E-state index contributed by atoms with van der Waals surface area (Å²) in [5.41, 5.74) is -0.197. The number of amides is 2. The van der Waals surface area contributed by atoms with Crippen LogP contribution in [0.4, 0.5) is 0 Å².